The minimum Gasteiger partial charge on any atom is -0.340 e. The van der Waals surface area contributed by atoms with Crippen molar-refractivity contribution in [2.24, 2.45) is 5.92 Å². The van der Waals surface area contributed by atoms with Crippen LogP contribution in [0.1, 0.15) is 25.0 Å². The summed E-state index contributed by atoms with van der Waals surface area (Å²) in [4.78, 5) is 11.2. The maximum Gasteiger partial charge on any atom is 0.225 e. The van der Waals surface area contributed by atoms with Crippen LogP contribution >= 0.6 is 0 Å². The fourth-order valence-electron chi connectivity index (χ4n) is 2.98. The minimum absolute atomic E-state index is 0.429. The molecule has 17 heavy (non-hydrogen) atoms. The molecule has 1 aromatic rings. The number of aryl methyl sites for hydroxylation is 1. The van der Waals surface area contributed by atoms with E-state index in [0.717, 1.165) is 30.6 Å². The van der Waals surface area contributed by atoms with Crippen LogP contribution in [0.3, 0.4) is 0 Å². The third-order valence-corrected chi connectivity index (χ3v) is 4.32. The highest BCUT2D eigenvalue weighted by atomic mass is 15.3. The number of hydrogen-bond donors (Lipinski definition) is 1. The van der Waals surface area contributed by atoms with Crippen molar-refractivity contribution in [1.82, 2.24) is 15.3 Å². The highest BCUT2D eigenvalue weighted by molar-refractivity contribution is 5.33. The maximum atomic E-state index is 4.51. The lowest BCUT2D eigenvalue weighted by atomic mass is 9.97. The van der Waals surface area contributed by atoms with Gasteiger partial charge in [-0.2, -0.15) is 0 Å². The van der Waals surface area contributed by atoms with E-state index in [1.807, 2.05) is 19.2 Å². The van der Waals surface area contributed by atoms with Crippen molar-refractivity contribution >= 4 is 5.95 Å². The van der Waals surface area contributed by atoms with Crippen LogP contribution in [0.15, 0.2) is 12.3 Å². The molecule has 92 valence electrons. The third-order valence-electron chi connectivity index (χ3n) is 4.32. The molecule has 2 aliphatic rings. The maximum absolute atomic E-state index is 4.51. The Morgan fingerprint density at radius 1 is 1.47 bits per heavy atom. The van der Waals surface area contributed by atoms with Crippen molar-refractivity contribution < 1.29 is 0 Å². The largest absolute Gasteiger partial charge is 0.340 e. The first-order valence-electron chi connectivity index (χ1n) is 6.47. The van der Waals surface area contributed by atoms with Gasteiger partial charge in [0.1, 0.15) is 0 Å². The average molecular weight is 232 g/mol. The Balaban J connectivity index is 1.72. The molecule has 1 N–H and O–H groups in total. The summed E-state index contributed by atoms with van der Waals surface area (Å²) in [5.41, 5.74) is 1.48. The average Bonchev–Trinajstić information content (AvgIpc) is 2.99. The monoisotopic (exact) mass is 232 g/mol. The third kappa shape index (κ3) is 1.90. The summed E-state index contributed by atoms with van der Waals surface area (Å²) < 4.78 is 0. The molecule has 1 aliphatic heterocycles. The number of nitrogens with zero attached hydrogens (tertiary/aromatic N) is 3. The summed E-state index contributed by atoms with van der Waals surface area (Å²) in [6.07, 6.45) is 5.78. The van der Waals surface area contributed by atoms with Gasteiger partial charge in [0.05, 0.1) is 0 Å². The van der Waals surface area contributed by atoms with Crippen LogP contribution in [-0.4, -0.2) is 35.6 Å². The molecule has 1 saturated carbocycles. The topological polar surface area (TPSA) is 41.0 Å². The second kappa shape index (κ2) is 3.95. The molecule has 1 aliphatic carbocycles. The zero-order chi connectivity index (χ0) is 11.9. The summed E-state index contributed by atoms with van der Waals surface area (Å²) in [6, 6.07) is 1.95. The normalized spacial score (nSPS) is 26.2. The molecule has 1 saturated heterocycles. The molecule has 1 atom stereocenters. The van der Waals surface area contributed by atoms with Gasteiger partial charge in [0, 0.05) is 30.5 Å². The molecular formula is C13H20N4. The lowest BCUT2D eigenvalue weighted by Gasteiger charge is -2.23. The second-order valence-electron chi connectivity index (χ2n) is 5.34. The molecule has 3 rings (SSSR count). The summed E-state index contributed by atoms with van der Waals surface area (Å²) in [6.45, 7) is 4.22. The quantitative estimate of drug-likeness (QED) is 0.854. The fraction of sp³-hybridized carbons (Fsp3) is 0.692. The molecule has 2 heterocycles. The molecule has 1 aromatic heterocycles. The number of anilines is 1. The van der Waals surface area contributed by atoms with E-state index < -0.39 is 0 Å². The van der Waals surface area contributed by atoms with Crippen LogP contribution in [0.5, 0.6) is 0 Å². The number of aromatic nitrogens is 2. The van der Waals surface area contributed by atoms with E-state index in [0.29, 0.717) is 5.54 Å². The summed E-state index contributed by atoms with van der Waals surface area (Å²) in [7, 11) is 2.10. The molecule has 0 amide bonds. The zero-order valence-corrected chi connectivity index (χ0v) is 10.6. The Hall–Kier alpha value is -1.16. The van der Waals surface area contributed by atoms with E-state index in [1.165, 1.54) is 19.3 Å². The van der Waals surface area contributed by atoms with E-state index >= 15 is 0 Å². The van der Waals surface area contributed by atoms with Crippen molar-refractivity contribution in [3.8, 4) is 0 Å². The van der Waals surface area contributed by atoms with E-state index in [4.69, 9.17) is 0 Å². The lowest BCUT2D eigenvalue weighted by molar-refractivity contribution is 0.381. The van der Waals surface area contributed by atoms with Gasteiger partial charge in [0.15, 0.2) is 0 Å². The Bertz CT molecular complexity index is 414. The van der Waals surface area contributed by atoms with E-state index in [2.05, 4.69) is 27.2 Å². The van der Waals surface area contributed by atoms with Gasteiger partial charge < -0.3 is 10.2 Å². The predicted molar refractivity (Wildman–Crippen MR) is 68.1 cm³/mol. The van der Waals surface area contributed by atoms with Gasteiger partial charge in [-0.1, -0.05) is 0 Å². The number of rotatable bonds is 3. The molecule has 0 unspecified atom stereocenters. The molecule has 0 spiro atoms. The highest BCUT2D eigenvalue weighted by Crippen LogP contribution is 2.46. The van der Waals surface area contributed by atoms with Gasteiger partial charge >= 0.3 is 0 Å². The Morgan fingerprint density at radius 2 is 2.29 bits per heavy atom. The van der Waals surface area contributed by atoms with E-state index in [-0.39, 0.29) is 0 Å². The number of hydrogen-bond acceptors (Lipinski definition) is 4. The first-order valence-corrected chi connectivity index (χ1v) is 6.47. The van der Waals surface area contributed by atoms with E-state index in [1.54, 1.807) is 0 Å². The van der Waals surface area contributed by atoms with Crippen molar-refractivity contribution in [1.29, 1.82) is 0 Å². The van der Waals surface area contributed by atoms with E-state index in [9.17, 15) is 0 Å². The molecular weight excluding hydrogens is 212 g/mol. The Labute approximate surface area is 102 Å². The smallest absolute Gasteiger partial charge is 0.225 e. The predicted octanol–water partition coefficient (Wildman–Crippen LogP) is 1.36. The van der Waals surface area contributed by atoms with Crippen LogP contribution in [0.4, 0.5) is 5.95 Å². The molecule has 0 bridgehead atoms. The molecule has 0 radical (unpaired) electrons. The zero-order valence-electron chi connectivity index (χ0n) is 10.6. The van der Waals surface area contributed by atoms with Gasteiger partial charge in [0.25, 0.3) is 0 Å². The van der Waals surface area contributed by atoms with Crippen molar-refractivity contribution in [2.75, 3.05) is 25.0 Å². The van der Waals surface area contributed by atoms with Crippen LogP contribution in [-0.2, 0) is 0 Å². The number of nitrogens with one attached hydrogen (secondary N) is 1. The summed E-state index contributed by atoms with van der Waals surface area (Å²) in [5.74, 6) is 1.66. The van der Waals surface area contributed by atoms with Crippen LogP contribution in [0, 0.1) is 12.8 Å². The van der Waals surface area contributed by atoms with Gasteiger partial charge in [-0.05, 0) is 45.2 Å². The van der Waals surface area contributed by atoms with Crippen molar-refractivity contribution in [2.45, 2.75) is 31.7 Å². The van der Waals surface area contributed by atoms with Gasteiger partial charge in [-0.3, -0.25) is 0 Å². The van der Waals surface area contributed by atoms with Gasteiger partial charge in [-0.25, -0.2) is 9.97 Å². The first-order chi connectivity index (χ1) is 8.23. The minimum atomic E-state index is 0.429. The van der Waals surface area contributed by atoms with Crippen LogP contribution in [0.25, 0.3) is 0 Å². The molecule has 2 fully saturated rings. The van der Waals surface area contributed by atoms with Crippen molar-refractivity contribution in [3.05, 3.63) is 18.0 Å². The van der Waals surface area contributed by atoms with Gasteiger partial charge in [-0.15, -0.1) is 0 Å². The highest BCUT2D eigenvalue weighted by Gasteiger charge is 2.50. The standard InChI is InChI=1S/C13H20N4/c1-10-3-7-15-12(16-10)17-8-4-11(9-17)13(14-2)5-6-13/h3,7,11,14H,4-6,8-9H2,1-2H3/t11-/m1/s1. The summed E-state index contributed by atoms with van der Waals surface area (Å²) >= 11 is 0. The second-order valence-corrected chi connectivity index (χ2v) is 5.34. The molecule has 0 aromatic carbocycles. The SMILES string of the molecule is CNC1([C@@H]2CCN(c3nccc(C)n3)C2)CC1. The van der Waals surface area contributed by atoms with Crippen LogP contribution in [0.2, 0.25) is 0 Å². The Morgan fingerprint density at radius 3 is 2.94 bits per heavy atom. The van der Waals surface area contributed by atoms with Crippen LogP contribution < -0.4 is 10.2 Å². The summed E-state index contributed by atoms with van der Waals surface area (Å²) in [5, 5.41) is 3.51. The van der Waals surface area contributed by atoms with Gasteiger partial charge in [0.2, 0.25) is 5.95 Å². The lowest BCUT2D eigenvalue weighted by Crippen LogP contribution is -2.37. The first kappa shape index (κ1) is 11.0. The Kier molecular flexibility index (Phi) is 2.54. The fourth-order valence-corrected chi connectivity index (χ4v) is 2.98. The van der Waals surface area contributed by atoms with Crippen molar-refractivity contribution in [3.63, 3.8) is 0 Å². The molecule has 4 nitrogen and oxygen atoms in total. The molecule has 4 heteroatoms.